The normalized spacial score (nSPS) is 20.3. The van der Waals surface area contributed by atoms with Crippen LogP contribution in [0.3, 0.4) is 0 Å². The van der Waals surface area contributed by atoms with E-state index in [0.29, 0.717) is 18.8 Å². The molecule has 184 valence electrons. The summed E-state index contributed by atoms with van der Waals surface area (Å²) in [5, 5.41) is 3.43. The van der Waals surface area contributed by atoms with Gasteiger partial charge in [0.25, 0.3) is 0 Å². The molecule has 1 amide bonds. The van der Waals surface area contributed by atoms with E-state index >= 15 is 0 Å². The van der Waals surface area contributed by atoms with E-state index < -0.39 is 6.36 Å². The van der Waals surface area contributed by atoms with Gasteiger partial charge in [0, 0.05) is 37.2 Å². The van der Waals surface area contributed by atoms with Crippen LogP contribution >= 0.6 is 0 Å². The number of carbonyl (C=O) groups is 1. The van der Waals surface area contributed by atoms with E-state index in [9.17, 15) is 22.4 Å². The van der Waals surface area contributed by atoms with Crippen molar-refractivity contribution < 1.29 is 31.8 Å². The number of amides is 1. The maximum Gasteiger partial charge on any atom is 0.573 e. The quantitative estimate of drug-likeness (QED) is 0.633. The zero-order valence-electron chi connectivity index (χ0n) is 19.0. The summed E-state index contributed by atoms with van der Waals surface area (Å²) in [7, 11) is 1.53. The molecule has 5 nitrogen and oxygen atoms in total. The van der Waals surface area contributed by atoms with Gasteiger partial charge in [-0.25, -0.2) is 4.39 Å². The maximum atomic E-state index is 13.8. The van der Waals surface area contributed by atoms with E-state index in [1.807, 2.05) is 0 Å². The molecule has 0 saturated carbocycles. The average molecular weight is 481 g/mol. The van der Waals surface area contributed by atoms with E-state index in [0.717, 1.165) is 37.9 Å². The average Bonchev–Trinajstić information content (AvgIpc) is 2.80. The minimum absolute atomic E-state index is 0.0650. The zero-order chi connectivity index (χ0) is 24.3. The summed E-state index contributed by atoms with van der Waals surface area (Å²) in [6.45, 7) is 2.62. The fourth-order valence-corrected chi connectivity index (χ4v) is 5.34. The Morgan fingerprint density at radius 1 is 1.12 bits per heavy atom. The first-order valence-corrected chi connectivity index (χ1v) is 11.4. The van der Waals surface area contributed by atoms with Gasteiger partial charge in [-0.2, -0.15) is 0 Å². The second kappa shape index (κ2) is 9.82. The number of halogens is 4. The highest BCUT2D eigenvalue weighted by molar-refractivity contribution is 5.79. The summed E-state index contributed by atoms with van der Waals surface area (Å²) >= 11 is 0. The van der Waals surface area contributed by atoms with Crippen LogP contribution in [0.2, 0.25) is 0 Å². The smallest absolute Gasteiger partial charge is 0.496 e. The van der Waals surface area contributed by atoms with Gasteiger partial charge in [0.1, 0.15) is 17.3 Å². The summed E-state index contributed by atoms with van der Waals surface area (Å²) in [6, 6.07) is 10.4. The van der Waals surface area contributed by atoms with Crippen LogP contribution in [-0.4, -0.2) is 50.5 Å². The van der Waals surface area contributed by atoms with E-state index in [4.69, 9.17) is 4.74 Å². The molecule has 2 fully saturated rings. The third-order valence-corrected chi connectivity index (χ3v) is 7.11. The Kier molecular flexibility index (Phi) is 7.02. The molecule has 2 heterocycles. The molecule has 2 aliphatic heterocycles. The molecule has 0 radical (unpaired) electrons. The van der Waals surface area contributed by atoms with Crippen molar-refractivity contribution in [1.29, 1.82) is 0 Å². The number of benzene rings is 2. The van der Waals surface area contributed by atoms with Gasteiger partial charge in [0.15, 0.2) is 0 Å². The lowest BCUT2D eigenvalue weighted by molar-refractivity contribution is -0.274. The van der Waals surface area contributed by atoms with E-state index in [-0.39, 0.29) is 40.8 Å². The molecule has 0 aliphatic carbocycles. The van der Waals surface area contributed by atoms with Gasteiger partial charge in [-0.1, -0.05) is 24.3 Å². The van der Waals surface area contributed by atoms with Gasteiger partial charge in [0.2, 0.25) is 5.91 Å². The van der Waals surface area contributed by atoms with Crippen LogP contribution in [0.5, 0.6) is 11.5 Å². The van der Waals surface area contributed by atoms with E-state index in [1.165, 1.54) is 37.4 Å². The molecule has 34 heavy (non-hydrogen) atoms. The first-order valence-electron chi connectivity index (χ1n) is 11.4. The van der Waals surface area contributed by atoms with Gasteiger partial charge >= 0.3 is 6.36 Å². The molecule has 1 spiro atoms. The van der Waals surface area contributed by atoms with Crippen molar-refractivity contribution in [2.45, 2.75) is 38.0 Å². The third-order valence-electron chi connectivity index (χ3n) is 7.11. The molecule has 1 unspecified atom stereocenters. The molecule has 0 aromatic heterocycles. The predicted molar refractivity (Wildman–Crippen MR) is 118 cm³/mol. The molecule has 2 saturated heterocycles. The summed E-state index contributed by atoms with van der Waals surface area (Å²) in [5.41, 5.74) is 1.10. The fourth-order valence-electron chi connectivity index (χ4n) is 5.34. The standard InChI is InChI=1S/C25H28F4N2O3/c1-33-22-15-18(26)6-7-19(22)20-16-30-11-8-24(20)9-12-31(13-10-24)23(32)14-17-4-2-3-5-21(17)34-25(27,28)29/h2-7,15,20,30H,8-14,16H2,1H3. The number of hydrogen-bond acceptors (Lipinski definition) is 4. The van der Waals surface area contributed by atoms with Crippen molar-refractivity contribution in [3.05, 3.63) is 59.4 Å². The van der Waals surface area contributed by atoms with Crippen molar-refractivity contribution >= 4 is 5.91 Å². The molecule has 9 heteroatoms. The molecule has 1 atom stereocenters. The lowest BCUT2D eigenvalue weighted by Gasteiger charge is -2.50. The third kappa shape index (κ3) is 5.29. The summed E-state index contributed by atoms with van der Waals surface area (Å²) in [5.74, 6) is -0.298. The van der Waals surface area contributed by atoms with Crippen LogP contribution in [0.25, 0.3) is 0 Å². The Morgan fingerprint density at radius 2 is 1.85 bits per heavy atom. The molecule has 2 aliphatic rings. The number of rotatable bonds is 5. The maximum absolute atomic E-state index is 13.8. The molecule has 0 bridgehead atoms. The van der Waals surface area contributed by atoms with E-state index in [2.05, 4.69) is 10.1 Å². The van der Waals surface area contributed by atoms with Crippen molar-refractivity contribution in [2.75, 3.05) is 33.3 Å². The number of likely N-dealkylation sites (tertiary alicyclic amines) is 1. The Balaban J connectivity index is 1.46. The number of methoxy groups -OCH3 is 1. The number of piperidine rings is 2. The largest absolute Gasteiger partial charge is 0.573 e. The first kappa shape index (κ1) is 24.3. The van der Waals surface area contributed by atoms with Crippen LogP contribution in [-0.2, 0) is 11.2 Å². The van der Waals surface area contributed by atoms with Gasteiger partial charge in [0.05, 0.1) is 13.5 Å². The lowest BCUT2D eigenvalue weighted by atomic mass is 9.62. The molecular weight excluding hydrogens is 452 g/mol. The number of ether oxygens (including phenoxy) is 2. The van der Waals surface area contributed by atoms with Crippen LogP contribution in [0.4, 0.5) is 17.6 Å². The van der Waals surface area contributed by atoms with Gasteiger partial charge in [-0.15, -0.1) is 13.2 Å². The van der Waals surface area contributed by atoms with Gasteiger partial charge < -0.3 is 19.7 Å². The van der Waals surface area contributed by atoms with Crippen molar-refractivity contribution in [3.63, 3.8) is 0 Å². The molecule has 1 N–H and O–H groups in total. The second-order valence-corrected chi connectivity index (χ2v) is 8.97. The molecular formula is C25H28F4N2O3. The van der Waals surface area contributed by atoms with Gasteiger partial charge in [-0.3, -0.25) is 4.79 Å². The molecule has 4 rings (SSSR count). The number of alkyl halides is 3. The second-order valence-electron chi connectivity index (χ2n) is 8.97. The minimum atomic E-state index is -4.82. The Bertz CT molecular complexity index is 1020. The van der Waals surface area contributed by atoms with Crippen molar-refractivity contribution in [1.82, 2.24) is 10.2 Å². The highest BCUT2D eigenvalue weighted by atomic mass is 19.4. The van der Waals surface area contributed by atoms with Crippen molar-refractivity contribution in [3.8, 4) is 11.5 Å². The number of carbonyl (C=O) groups excluding carboxylic acids is 1. The number of para-hydroxylation sites is 1. The van der Waals surface area contributed by atoms with Crippen LogP contribution in [0.15, 0.2) is 42.5 Å². The Labute approximate surface area is 196 Å². The zero-order valence-corrected chi connectivity index (χ0v) is 19.0. The van der Waals surface area contributed by atoms with Gasteiger partial charge in [-0.05, 0) is 48.9 Å². The monoisotopic (exact) mass is 480 g/mol. The minimum Gasteiger partial charge on any atom is -0.496 e. The molecule has 2 aromatic carbocycles. The highest BCUT2D eigenvalue weighted by Crippen LogP contribution is 2.50. The van der Waals surface area contributed by atoms with Crippen LogP contribution in [0, 0.1) is 11.2 Å². The number of nitrogens with one attached hydrogen (secondary N) is 1. The molecule has 2 aromatic rings. The Hall–Kier alpha value is -2.81. The Morgan fingerprint density at radius 3 is 2.56 bits per heavy atom. The summed E-state index contributed by atoms with van der Waals surface area (Å²) in [4.78, 5) is 14.7. The van der Waals surface area contributed by atoms with Crippen LogP contribution in [0.1, 0.15) is 36.3 Å². The van der Waals surface area contributed by atoms with Crippen LogP contribution < -0.4 is 14.8 Å². The van der Waals surface area contributed by atoms with E-state index in [1.54, 1.807) is 17.0 Å². The first-order chi connectivity index (χ1) is 16.2. The number of nitrogens with zero attached hydrogens (tertiary/aromatic N) is 1. The topological polar surface area (TPSA) is 50.8 Å². The fraction of sp³-hybridized carbons (Fsp3) is 0.480. The highest BCUT2D eigenvalue weighted by Gasteiger charge is 2.45. The summed E-state index contributed by atoms with van der Waals surface area (Å²) in [6.07, 6.45) is -2.54. The lowest BCUT2D eigenvalue weighted by Crippen LogP contribution is -2.51. The SMILES string of the molecule is COc1cc(F)ccc1C1CNCCC12CCN(C(=O)Cc1ccccc1OC(F)(F)F)CC2. The predicted octanol–water partition coefficient (Wildman–Crippen LogP) is 4.66. The number of hydrogen-bond donors (Lipinski definition) is 1. The van der Waals surface area contributed by atoms with Crippen molar-refractivity contribution in [2.24, 2.45) is 5.41 Å². The summed E-state index contributed by atoms with van der Waals surface area (Å²) < 4.78 is 61.5.